The molecule has 4 rings (SSSR count). The molecule has 0 aliphatic carbocycles. The van der Waals surface area contributed by atoms with Gasteiger partial charge in [0.2, 0.25) is 0 Å². The minimum absolute atomic E-state index is 0.125. The van der Waals surface area contributed by atoms with Gasteiger partial charge < -0.3 is 4.74 Å². The molecular formula is C26H24ClN5O2S. The first-order chi connectivity index (χ1) is 16.9. The van der Waals surface area contributed by atoms with E-state index in [4.69, 9.17) is 16.3 Å². The van der Waals surface area contributed by atoms with Crippen molar-refractivity contribution >= 4 is 35.0 Å². The first-order valence-electron chi connectivity index (χ1n) is 10.8. The Morgan fingerprint density at radius 3 is 2.54 bits per heavy atom. The second-order valence-electron chi connectivity index (χ2n) is 7.74. The standard InChI is InChI=1S/C26H24ClN5O2S/c1-17-7-13-22(14-8-17)32-25(19-9-11-21(27)12-10-19)30-31-26(32)35-16-24(33)29-28-18(2)20-5-4-6-23(15-20)34-3/h4-15H,16H2,1-3H3,(H,29,33)/b28-18+. The first kappa shape index (κ1) is 24.5. The summed E-state index contributed by atoms with van der Waals surface area (Å²) in [6.07, 6.45) is 0. The lowest BCUT2D eigenvalue weighted by atomic mass is 10.1. The highest BCUT2D eigenvalue weighted by Crippen LogP contribution is 2.29. The summed E-state index contributed by atoms with van der Waals surface area (Å²) in [5, 5.41) is 14.2. The molecule has 35 heavy (non-hydrogen) atoms. The zero-order valence-electron chi connectivity index (χ0n) is 19.5. The Kier molecular flexibility index (Phi) is 7.84. The van der Waals surface area contributed by atoms with Crippen LogP contribution in [0.4, 0.5) is 0 Å². The fourth-order valence-electron chi connectivity index (χ4n) is 3.30. The molecule has 0 saturated carbocycles. The van der Waals surface area contributed by atoms with Crippen LogP contribution in [0.25, 0.3) is 17.1 Å². The van der Waals surface area contributed by atoms with Crippen molar-refractivity contribution in [1.29, 1.82) is 0 Å². The summed E-state index contributed by atoms with van der Waals surface area (Å²) in [6.45, 7) is 3.86. The number of ether oxygens (including phenoxy) is 1. The molecule has 1 heterocycles. The van der Waals surface area contributed by atoms with Crippen LogP contribution < -0.4 is 10.2 Å². The van der Waals surface area contributed by atoms with Crippen LogP contribution in [0.2, 0.25) is 5.02 Å². The summed E-state index contributed by atoms with van der Waals surface area (Å²) in [6, 6.07) is 23.0. The number of carbonyl (C=O) groups excluding carboxylic acids is 1. The summed E-state index contributed by atoms with van der Waals surface area (Å²) in [7, 11) is 1.61. The number of hydrogen-bond donors (Lipinski definition) is 1. The summed E-state index contributed by atoms with van der Waals surface area (Å²) in [4.78, 5) is 12.5. The number of hydrogen-bond acceptors (Lipinski definition) is 6. The van der Waals surface area contributed by atoms with E-state index < -0.39 is 0 Å². The van der Waals surface area contributed by atoms with E-state index in [1.165, 1.54) is 11.8 Å². The van der Waals surface area contributed by atoms with E-state index in [-0.39, 0.29) is 11.7 Å². The Hall–Kier alpha value is -3.62. The fourth-order valence-corrected chi connectivity index (χ4v) is 4.17. The number of benzene rings is 3. The lowest BCUT2D eigenvalue weighted by Crippen LogP contribution is -2.21. The van der Waals surface area contributed by atoms with Crippen LogP contribution in [0.3, 0.4) is 0 Å². The van der Waals surface area contributed by atoms with E-state index >= 15 is 0 Å². The molecule has 1 aromatic heterocycles. The van der Waals surface area contributed by atoms with Gasteiger partial charge in [-0.15, -0.1) is 10.2 Å². The number of carbonyl (C=O) groups is 1. The molecule has 7 nitrogen and oxygen atoms in total. The monoisotopic (exact) mass is 505 g/mol. The maximum Gasteiger partial charge on any atom is 0.250 e. The molecule has 0 fully saturated rings. The molecule has 0 spiro atoms. The molecule has 0 saturated heterocycles. The molecule has 0 bridgehead atoms. The summed E-state index contributed by atoms with van der Waals surface area (Å²) in [5.74, 6) is 1.27. The number of methoxy groups -OCH3 is 1. The van der Waals surface area contributed by atoms with Gasteiger partial charge in [0.05, 0.1) is 18.6 Å². The van der Waals surface area contributed by atoms with Crippen molar-refractivity contribution in [3.05, 3.63) is 88.9 Å². The van der Waals surface area contributed by atoms with Crippen molar-refractivity contribution in [2.45, 2.75) is 19.0 Å². The second kappa shape index (κ2) is 11.2. The average Bonchev–Trinajstić information content (AvgIpc) is 3.30. The number of nitrogens with one attached hydrogen (secondary N) is 1. The number of aromatic nitrogens is 3. The van der Waals surface area contributed by atoms with Crippen LogP contribution in [0.1, 0.15) is 18.1 Å². The molecule has 4 aromatic rings. The van der Waals surface area contributed by atoms with Crippen molar-refractivity contribution in [3.8, 4) is 22.8 Å². The number of aryl methyl sites for hydroxylation is 1. The molecule has 0 aliphatic rings. The number of halogens is 1. The molecule has 0 radical (unpaired) electrons. The summed E-state index contributed by atoms with van der Waals surface area (Å²) in [5.41, 5.74) is 7.08. The number of hydrazone groups is 1. The second-order valence-corrected chi connectivity index (χ2v) is 9.12. The molecule has 178 valence electrons. The highest BCUT2D eigenvalue weighted by molar-refractivity contribution is 7.99. The Morgan fingerprint density at radius 2 is 1.83 bits per heavy atom. The predicted molar refractivity (Wildman–Crippen MR) is 141 cm³/mol. The van der Waals surface area contributed by atoms with Gasteiger partial charge in [-0.05, 0) is 62.4 Å². The lowest BCUT2D eigenvalue weighted by molar-refractivity contribution is -0.118. The van der Waals surface area contributed by atoms with Gasteiger partial charge in [-0.25, -0.2) is 5.43 Å². The quantitative estimate of drug-likeness (QED) is 0.193. The molecule has 0 aliphatic heterocycles. The third-order valence-electron chi connectivity index (χ3n) is 5.20. The highest BCUT2D eigenvalue weighted by Gasteiger charge is 2.17. The average molecular weight is 506 g/mol. The molecule has 0 atom stereocenters. The first-order valence-corrected chi connectivity index (χ1v) is 12.2. The van der Waals surface area contributed by atoms with E-state index in [2.05, 4.69) is 20.7 Å². The van der Waals surface area contributed by atoms with Crippen LogP contribution in [0.5, 0.6) is 5.75 Å². The minimum atomic E-state index is -0.247. The summed E-state index contributed by atoms with van der Waals surface area (Å²) < 4.78 is 7.18. The smallest absolute Gasteiger partial charge is 0.250 e. The van der Waals surface area contributed by atoms with E-state index in [9.17, 15) is 4.79 Å². The van der Waals surface area contributed by atoms with Crippen LogP contribution >= 0.6 is 23.4 Å². The van der Waals surface area contributed by atoms with Crippen LogP contribution in [-0.2, 0) is 4.79 Å². The fraction of sp³-hybridized carbons (Fsp3) is 0.154. The van der Waals surface area contributed by atoms with Gasteiger partial charge in [0.15, 0.2) is 11.0 Å². The minimum Gasteiger partial charge on any atom is -0.497 e. The van der Waals surface area contributed by atoms with Crippen molar-refractivity contribution in [1.82, 2.24) is 20.2 Å². The number of nitrogens with zero attached hydrogens (tertiary/aromatic N) is 4. The van der Waals surface area contributed by atoms with Crippen molar-refractivity contribution in [3.63, 3.8) is 0 Å². The van der Waals surface area contributed by atoms with Crippen LogP contribution in [0, 0.1) is 6.92 Å². The largest absolute Gasteiger partial charge is 0.497 e. The van der Waals surface area contributed by atoms with Crippen LogP contribution in [-0.4, -0.2) is 39.2 Å². The molecular weight excluding hydrogens is 482 g/mol. The third-order valence-corrected chi connectivity index (χ3v) is 6.38. The van der Waals surface area contributed by atoms with Gasteiger partial charge in [-0.2, -0.15) is 5.10 Å². The third kappa shape index (κ3) is 6.09. The SMILES string of the molecule is COc1cccc(/C(C)=N/NC(=O)CSc2nnc(-c3ccc(Cl)cc3)n2-c2ccc(C)cc2)c1. The topological polar surface area (TPSA) is 81.4 Å². The molecule has 9 heteroatoms. The maximum atomic E-state index is 12.5. The lowest BCUT2D eigenvalue weighted by Gasteiger charge is -2.11. The number of thioether (sulfide) groups is 1. The van der Waals surface area contributed by atoms with Gasteiger partial charge in [0, 0.05) is 21.8 Å². The predicted octanol–water partition coefficient (Wildman–Crippen LogP) is 5.54. The highest BCUT2D eigenvalue weighted by atomic mass is 35.5. The van der Waals surface area contributed by atoms with Crippen molar-refractivity contribution in [2.24, 2.45) is 5.10 Å². The molecule has 1 amide bonds. The van der Waals surface area contributed by atoms with Crippen molar-refractivity contribution in [2.75, 3.05) is 12.9 Å². The van der Waals surface area contributed by atoms with Crippen molar-refractivity contribution < 1.29 is 9.53 Å². The Balaban J connectivity index is 1.52. The normalized spacial score (nSPS) is 11.4. The van der Waals surface area contributed by atoms with E-state index in [0.29, 0.717) is 21.7 Å². The Labute approximate surface area is 213 Å². The van der Waals surface area contributed by atoms with Crippen LogP contribution in [0.15, 0.2) is 83.1 Å². The van der Waals surface area contributed by atoms with Gasteiger partial charge in [0.1, 0.15) is 5.75 Å². The number of amides is 1. The van der Waals surface area contributed by atoms with E-state index in [0.717, 1.165) is 28.1 Å². The Morgan fingerprint density at radius 1 is 1.09 bits per heavy atom. The zero-order chi connectivity index (χ0) is 24.8. The summed E-state index contributed by atoms with van der Waals surface area (Å²) >= 11 is 7.35. The molecule has 3 aromatic carbocycles. The van der Waals surface area contributed by atoms with Gasteiger partial charge in [-0.3, -0.25) is 9.36 Å². The molecule has 0 unspecified atom stereocenters. The van der Waals surface area contributed by atoms with Gasteiger partial charge >= 0.3 is 0 Å². The maximum absolute atomic E-state index is 12.5. The Bertz CT molecular complexity index is 1350. The number of rotatable bonds is 8. The molecule has 1 N–H and O–H groups in total. The van der Waals surface area contributed by atoms with E-state index in [1.807, 2.05) is 91.2 Å². The van der Waals surface area contributed by atoms with Gasteiger partial charge in [0.25, 0.3) is 5.91 Å². The van der Waals surface area contributed by atoms with Gasteiger partial charge in [-0.1, -0.05) is 53.2 Å². The van der Waals surface area contributed by atoms with E-state index in [1.54, 1.807) is 7.11 Å². The zero-order valence-corrected chi connectivity index (χ0v) is 21.1.